The molecule has 0 aliphatic rings. The average Bonchev–Trinajstić information content (AvgIpc) is 3.24. The number of Topliss-reactive ketones (excluding diaryl/α,β-unsaturated/α-hetero) is 1. The molecule has 3 aromatic carbocycles. The topological polar surface area (TPSA) is 47.8 Å². The minimum Gasteiger partial charge on any atom is -0.301 e. The number of halogens is 1. The largest absolute Gasteiger partial charge is 0.301 e. The third-order valence-corrected chi connectivity index (χ3v) is 6.69. The zero-order chi connectivity index (χ0) is 21.9. The first kappa shape index (κ1) is 20.7. The number of hydrogen-bond donors (Lipinski definition) is 0. The van der Waals surface area contributed by atoms with Gasteiger partial charge in [-0.1, -0.05) is 88.4 Å². The zero-order valence-electron chi connectivity index (χ0n) is 17.0. The molecule has 32 heavy (non-hydrogen) atoms. The number of fused-ring (bicyclic) bond motifs is 1. The molecule has 0 spiro atoms. The van der Waals surface area contributed by atoms with E-state index in [2.05, 4.69) is 48.8 Å². The molecule has 0 aliphatic carbocycles. The smallest absolute Gasteiger partial charge is 0.173 e. The van der Waals surface area contributed by atoms with Gasteiger partial charge in [-0.25, -0.2) is 9.97 Å². The molecular formula is C26H18BrN3OS. The molecule has 0 amide bonds. The van der Waals surface area contributed by atoms with Crippen LogP contribution in [0, 0.1) is 0 Å². The van der Waals surface area contributed by atoms with Crippen LogP contribution in [0.1, 0.15) is 10.4 Å². The number of benzene rings is 3. The van der Waals surface area contributed by atoms with Crippen molar-refractivity contribution in [3.63, 3.8) is 0 Å². The van der Waals surface area contributed by atoms with Gasteiger partial charge in [0.2, 0.25) is 0 Å². The van der Waals surface area contributed by atoms with Crippen molar-refractivity contribution < 1.29 is 4.79 Å². The number of carbonyl (C=O) groups is 1. The number of hydrogen-bond acceptors (Lipinski definition) is 4. The van der Waals surface area contributed by atoms with Gasteiger partial charge < -0.3 is 4.57 Å². The molecule has 156 valence electrons. The highest BCUT2D eigenvalue weighted by molar-refractivity contribution is 9.10. The molecule has 0 N–H and O–H groups in total. The first-order valence-electron chi connectivity index (χ1n) is 10.1. The molecule has 0 bridgehead atoms. The van der Waals surface area contributed by atoms with Gasteiger partial charge in [-0.05, 0) is 29.8 Å². The number of thioether (sulfide) groups is 1. The Morgan fingerprint density at radius 1 is 0.875 bits per heavy atom. The van der Waals surface area contributed by atoms with Gasteiger partial charge in [-0.3, -0.25) is 4.79 Å². The zero-order valence-corrected chi connectivity index (χ0v) is 19.4. The second-order valence-corrected chi connectivity index (χ2v) is 9.09. The maximum Gasteiger partial charge on any atom is 0.173 e. The van der Waals surface area contributed by atoms with Crippen molar-refractivity contribution in [1.82, 2.24) is 14.5 Å². The second-order valence-electron chi connectivity index (χ2n) is 7.21. The van der Waals surface area contributed by atoms with Crippen molar-refractivity contribution in [2.45, 2.75) is 5.03 Å². The van der Waals surface area contributed by atoms with Crippen LogP contribution in [-0.2, 0) is 0 Å². The molecule has 0 unspecified atom stereocenters. The molecule has 5 aromatic rings. The molecule has 2 heterocycles. The van der Waals surface area contributed by atoms with E-state index in [0.717, 1.165) is 37.3 Å². The number of nitrogens with zero attached hydrogens (tertiary/aromatic N) is 3. The maximum absolute atomic E-state index is 12.7. The van der Waals surface area contributed by atoms with Crippen LogP contribution in [0.3, 0.4) is 0 Å². The fraction of sp³-hybridized carbons (Fsp3) is 0.0385. The predicted molar refractivity (Wildman–Crippen MR) is 133 cm³/mol. The number of ketones is 1. The van der Waals surface area contributed by atoms with Gasteiger partial charge in [0.25, 0.3) is 0 Å². The van der Waals surface area contributed by atoms with Crippen molar-refractivity contribution in [1.29, 1.82) is 0 Å². The lowest BCUT2D eigenvalue weighted by Crippen LogP contribution is -2.02. The lowest BCUT2D eigenvalue weighted by Gasteiger charge is -2.06. The fourth-order valence-corrected chi connectivity index (χ4v) is 4.79. The highest BCUT2D eigenvalue weighted by Gasteiger charge is 2.18. The summed E-state index contributed by atoms with van der Waals surface area (Å²) >= 11 is 4.96. The molecule has 4 nitrogen and oxygen atoms in total. The van der Waals surface area contributed by atoms with Gasteiger partial charge in [-0.2, -0.15) is 0 Å². The van der Waals surface area contributed by atoms with E-state index in [1.807, 2.05) is 72.8 Å². The Morgan fingerprint density at radius 3 is 2.28 bits per heavy atom. The molecule has 2 aromatic heterocycles. The molecule has 0 saturated carbocycles. The summed E-state index contributed by atoms with van der Waals surface area (Å²) in [5.41, 5.74) is 4.66. The summed E-state index contributed by atoms with van der Waals surface area (Å²) in [4.78, 5) is 21.9. The number of rotatable bonds is 6. The van der Waals surface area contributed by atoms with E-state index >= 15 is 0 Å². The Morgan fingerprint density at radius 2 is 1.56 bits per heavy atom. The molecule has 0 aliphatic heterocycles. The molecule has 0 fully saturated rings. The summed E-state index contributed by atoms with van der Waals surface area (Å²) in [7, 11) is 0. The van der Waals surface area contributed by atoms with Crippen molar-refractivity contribution in [3.8, 4) is 16.8 Å². The predicted octanol–water partition coefficient (Wildman–Crippen LogP) is 6.83. The van der Waals surface area contributed by atoms with E-state index in [0.29, 0.717) is 11.3 Å². The van der Waals surface area contributed by atoms with E-state index in [1.165, 1.54) is 11.8 Å². The average molecular weight is 500 g/mol. The van der Waals surface area contributed by atoms with Crippen LogP contribution >= 0.6 is 27.7 Å². The summed E-state index contributed by atoms with van der Waals surface area (Å²) in [6, 6.07) is 27.7. The third kappa shape index (κ3) is 4.11. The van der Waals surface area contributed by atoms with Crippen molar-refractivity contribution >= 4 is 44.5 Å². The van der Waals surface area contributed by atoms with Gasteiger partial charge in [0.05, 0.1) is 11.1 Å². The third-order valence-electron chi connectivity index (χ3n) is 5.17. The minimum atomic E-state index is 0.0796. The highest BCUT2D eigenvalue weighted by Crippen LogP contribution is 2.37. The van der Waals surface area contributed by atoms with Crippen molar-refractivity contribution in [3.05, 3.63) is 107 Å². The van der Waals surface area contributed by atoms with E-state index in [9.17, 15) is 4.79 Å². The molecule has 6 heteroatoms. The Hall–Kier alpha value is -3.22. The summed E-state index contributed by atoms with van der Waals surface area (Å²) in [5, 5.41) is 1.75. The molecule has 0 radical (unpaired) electrons. The first-order valence-corrected chi connectivity index (χ1v) is 11.9. The van der Waals surface area contributed by atoms with Crippen LogP contribution in [0.5, 0.6) is 0 Å². The molecule has 0 saturated heterocycles. The number of aromatic nitrogens is 3. The Bertz CT molecular complexity index is 1380. The van der Waals surface area contributed by atoms with E-state index in [4.69, 9.17) is 0 Å². The summed E-state index contributed by atoms with van der Waals surface area (Å²) in [5.74, 6) is 0.393. The monoisotopic (exact) mass is 499 g/mol. The molecule has 0 atom stereocenters. The fourth-order valence-electron chi connectivity index (χ4n) is 3.62. The van der Waals surface area contributed by atoms with Crippen LogP contribution < -0.4 is 0 Å². The van der Waals surface area contributed by atoms with Gasteiger partial charge in [0, 0.05) is 27.5 Å². The Kier molecular flexibility index (Phi) is 5.88. The van der Waals surface area contributed by atoms with Crippen LogP contribution in [0.2, 0.25) is 0 Å². The normalized spacial score (nSPS) is 11.0. The second kappa shape index (κ2) is 9.10. The van der Waals surface area contributed by atoms with Gasteiger partial charge >= 0.3 is 0 Å². The van der Waals surface area contributed by atoms with Gasteiger partial charge in [0.1, 0.15) is 17.0 Å². The van der Waals surface area contributed by atoms with Crippen LogP contribution in [-0.4, -0.2) is 26.1 Å². The summed E-state index contributed by atoms with van der Waals surface area (Å²) < 4.78 is 3.10. The van der Waals surface area contributed by atoms with E-state index < -0.39 is 0 Å². The number of carbonyl (C=O) groups excluding carboxylic acids is 1. The van der Waals surface area contributed by atoms with Crippen LogP contribution in [0.4, 0.5) is 0 Å². The summed E-state index contributed by atoms with van der Waals surface area (Å²) in [6.45, 7) is 0. The molecule has 5 rings (SSSR count). The van der Waals surface area contributed by atoms with Crippen LogP contribution in [0.25, 0.3) is 27.8 Å². The Balaban J connectivity index is 1.61. The SMILES string of the molecule is O=C(CSc1ncnc2c1c(-c1ccccc1)cn2-c1ccc(Br)cc1)c1ccccc1. The van der Waals surface area contributed by atoms with Crippen molar-refractivity contribution in [2.75, 3.05) is 5.75 Å². The quantitative estimate of drug-likeness (QED) is 0.146. The lowest BCUT2D eigenvalue weighted by atomic mass is 10.1. The lowest BCUT2D eigenvalue weighted by molar-refractivity contribution is 0.102. The summed E-state index contributed by atoms with van der Waals surface area (Å²) in [6.07, 6.45) is 3.67. The highest BCUT2D eigenvalue weighted by atomic mass is 79.9. The first-order chi connectivity index (χ1) is 15.7. The maximum atomic E-state index is 12.7. The van der Waals surface area contributed by atoms with Gasteiger partial charge in [0.15, 0.2) is 5.78 Å². The Labute approximate surface area is 198 Å². The minimum absolute atomic E-state index is 0.0796. The van der Waals surface area contributed by atoms with Gasteiger partial charge in [-0.15, -0.1) is 0 Å². The molecular weight excluding hydrogens is 482 g/mol. The van der Waals surface area contributed by atoms with E-state index in [1.54, 1.807) is 6.33 Å². The standard InChI is InChI=1S/C26H18BrN3OS/c27-20-11-13-21(14-12-20)30-15-22(18-7-3-1-4-8-18)24-25(30)28-17-29-26(24)32-16-23(31)19-9-5-2-6-10-19/h1-15,17H,16H2. The van der Waals surface area contributed by atoms with Crippen molar-refractivity contribution in [2.24, 2.45) is 0 Å². The van der Waals surface area contributed by atoms with Crippen LogP contribution in [0.15, 0.2) is 107 Å². The van der Waals surface area contributed by atoms with E-state index in [-0.39, 0.29) is 5.78 Å².